The van der Waals surface area contributed by atoms with E-state index in [0.29, 0.717) is 0 Å². The van der Waals surface area contributed by atoms with Crippen LogP contribution in [-0.2, 0) is 4.74 Å². The van der Waals surface area contributed by atoms with Crippen molar-refractivity contribution in [2.45, 2.75) is 6.10 Å². The third-order valence-electron chi connectivity index (χ3n) is 4.00. The molecule has 0 saturated carbocycles. The summed E-state index contributed by atoms with van der Waals surface area (Å²) in [5.74, 6) is 0. The van der Waals surface area contributed by atoms with E-state index in [9.17, 15) is 4.79 Å². The molecule has 0 radical (unpaired) electrons. The highest BCUT2D eigenvalue weighted by molar-refractivity contribution is 5.80. The molecule has 1 atom stereocenters. The molecule has 0 bridgehead atoms. The summed E-state index contributed by atoms with van der Waals surface area (Å²) in [5, 5.41) is 9.13. The first-order valence-corrected chi connectivity index (χ1v) is 7.96. The first-order valence-electron chi connectivity index (χ1n) is 7.96. The molecule has 0 aliphatic carbocycles. The average Bonchev–Trinajstić information content (AvgIpc) is 2.67. The van der Waals surface area contributed by atoms with E-state index in [1.165, 1.54) is 6.08 Å². The van der Waals surface area contributed by atoms with Crippen LogP contribution >= 0.6 is 0 Å². The van der Waals surface area contributed by atoms with Crippen molar-refractivity contribution in [3.05, 3.63) is 97.1 Å². The number of benzene rings is 3. The molecule has 0 aromatic heterocycles. The monoisotopic (exact) mass is 330 g/mol. The highest BCUT2D eigenvalue weighted by Gasteiger charge is 2.21. The maximum absolute atomic E-state index is 11.2. The molecule has 3 heteroatoms. The molecule has 3 aromatic rings. The highest BCUT2D eigenvalue weighted by Crippen LogP contribution is 2.38. The zero-order chi connectivity index (χ0) is 17.6. The predicted molar refractivity (Wildman–Crippen MR) is 99.4 cm³/mol. The number of hydrogen-bond donors (Lipinski definition) is 1. The molecule has 0 aliphatic heterocycles. The molecule has 0 heterocycles. The Morgan fingerprint density at radius 1 is 0.840 bits per heavy atom. The Hall–Kier alpha value is -3.33. The van der Waals surface area contributed by atoms with Crippen molar-refractivity contribution in [3.63, 3.8) is 0 Å². The van der Waals surface area contributed by atoms with Gasteiger partial charge in [0.2, 0.25) is 0 Å². The van der Waals surface area contributed by atoms with E-state index in [4.69, 9.17) is 9.84 Å². The Labute approximate surface area is 146 Å². The standard InChI is InChI=1S/C22H18O3/c1-2-20(25-22(23)24)21-18(16-10-5-3-6-11-16)14-9-15-19(21)17-12-7-4-8-13-17/h2-15,20H,1H2,(H,23,24). The Morgan fingerprint density at radius 3 is 1.72 bits per heavy atom. The van der Waals surface area contributed by atoms with Crippen LogP contribution in [0, 0.1) is 0 Å². The van der Waals surface area contributed by atoms with Gasteiger partial charge in [0, 0.05) is 5.56 Å². The minimum Gasteiger partial charge on any atom is -0.450 e. The van der Waals surface area contributed by atoms with Gasteiger partial charge in [-0.2, -0.15) is 0 Å². The number of hydrogen-bond acceptors (Lipinski definition) is 2. The first kappa shape index (κ1) is 16.5. The van der Waals surface area contributed by atoms with Gasteiger partial charge in [-0.1, -0.05) is 85.4 Å². The summed E-state index contributed by atoms with van der Waals surface area (Å²) in [6.07, 6.45) is -0.571. The predicted octanol–water partition coefficient (Wildman–Crippen LogP) is 5.94. The Balaban J connectivity index is 2.26. The van der Waals surface area contributed by atoms with Crippen molar-refractivity contribution in [2.75, 3.05) is 0 Å². The summed E-state index contributed by atoms with van der Waals surface area (Å²) in [5.41, 5.74) is 4.63. The zero-order valence-corrected chi connectivity index (χ0v) is 13.6. The number of ether oxygens (including phenoxy) is 1. The van der Waals surface area contributed by atoms with Crippen molar-refractivity contribution in [3.8, 4) is 22.3 Å². The normalized spacial score (nSPS) is 11.5. The topological polar surface area (TPSA) is 46.5 Å². The summed E-state index contributed by atoms with van der Waals surface area (Å²) in [6.45, 7) is 3.77. The minimum absolute atomic E-state index is 0.760. The number of rotatable bonds is 5. The molecule has 0 saturated heterocycles. The van der Waals surface area contributed by atoms with Gasteiger partial charge in [0.05, 0.1) is 0 Å². The fraction of sp³-hybridized carbons (Fsp3) is 0.0455. The van der Waals surface area contributed by atoms with Crippen LogP contribution in [0.15, 0.2) is 91.5 Å². The highest BCUT2D eigenvalue weighted by atomic mass is 16.7. The van der Waals surface area contributed by atoms with E-state index >= 15 is 0 Å². The van der Waals surface area contributed by atoms with Gasteiger partial charge in [0.1, 0.15) is 6.10 Å². The van der Waals surface area contributed by atoms with Gasteiger partial charge in [-0.3, -0.25) is 0 Å². The molecule has 3 rings (SSSR count). The van der Waals surface area contributed by atoms with Gasteiger partial charge in [-0.25, -0.2) is 4.79 Å². The number of carbonyl (C=O) groups is 1. The second-order valence-electron chi connectivity index (χ2n) is 5.54. The van der Waals surface area contributed by atoms with E-state index in [0.717, 1.165) is 27.8 Å². The summed E-state index contributed by atoms with van der Waals surface area (Å²) < 4.78 is 5.11. The zero-order valence-electron chi connectivity index (χ0n) is 13.6. The SMILES string of the molecule is C=CC(OC(=O)O)c1c(-c2ccccc2)cccc1-c1ccccc1. The Bertz CT molecular complexity index is 813. The van der Waals surface area contributed by atoms with Crippen LogP contribution in [0.1, 0.15) is 11.7 Å². The second-order valence-corrected chi connectivity index (χ2v) is 5.54. The third-order valence-corrected chi connectivity index (χ3v) is 4.00. The van der Waals surface area contributed by atoms with Gasteiger partial charge in [0.25, 0.3) is 0 Å². The van der Waals surface area contributed by atoms with Crippen LogP contribution in [-0.4, -0.2) is 11.3 Å². The van der Waals surface area contributed by atoms with Crippen molar-refractivity contribution in [2.24, 2.45) is 0 Å². The van der Waals surface area contributed by atoms with Gasteiger partial charge in [0.15, 0.2) is 0 Å². The van der Waals surface area contributed by atoms with E-state index in [1.54, 1.807) is 0 Å². The molecule has 3 aromatic carbocycles. The molecule has 0 spiro atoms. The van der Waals surface area contributed by atoms with Crippen LogP contribution in [0.2, 0.25) is 0 Å². The fourth-order valence-electron chi connectivity index (χ4n) is 2.94. The molecule has 25 heavy (non-hydrogen) atoms. The summed E-state index contributed by atoms with van der Waals surface area (Å²) in [7, 11) is 0. The molecule has 3 nitrogen and oxygen atoms in total. The summed E-state index contributed by atoms with van der Waals surface area (Å²) in [6, 6.07) is 25.6. The molecular weight excluding hydrogens is 312 g/mol. The molecular formula is C22H18O3. The lowest BCUT2D eigenvalue weighted by molar-refractivity contribution is 0.0694. The number of carboxylic acid groups (broad SMARTS) is 1. The van der Waals surface area contributed by atoms with E-state index in [-0.39, 0.29) is 0 Å². The fourth-order valence-corrected chi connectivity index (χ4v) is 2.94. The quantitative estimate of drug-likeness (QED) is 0.465. The van der Waals surface area contributed by atoms with Crippen LogP contribution in [0.5, 0.6) is 0 Å². The smallest absolute Gasteiger partial charge is 0.450 e. The molecule has 1 N–H and O–H groups in total. The van der Waals surface area contributed by atoms with Crippen molar-refractivity contribution in [1.29, 1.82) is 0 Å². The maximum Gasteiger partial charge on any atom is 0.506 e. The third kappa shape index (κ3) is 3.61. The van der Waals surface area contributed by atoms with E-state index < -0.39 is 12.3 Å². The molecule has 0 amide bonds. The maximum atomic E-state index is 11.2. The first-order chi connectivity index (χ1) is 12.2. The van der Waals surface area contributed by atoms with Crippen LogP contribution < -0.4 is 0 Å². The van der Waals surface area contributed by atoms with Gasteiger partial charge in [-0.05, 0) is 28.3 Å². The summed E-state index contributed by atoms with van der Waals surface area (Å²) in [4.78, 5) is 11.2. The Kier molecular flexibility index (Phi) is 4.95. The summed E-state index contributed by atoms with van der Waals surface area (Å²) >= 11 is 0. The van der Waals surface area contributed by atoms with Crippen LogP contribution in [0.3, 0.4) is 0 Å². The molecule has 0 fully saturated rings. The van der Waals surface area contributed by atoms with Gasteiger partial charge in [-0.15, -0.1) is 0 Å². The lowest BCUT2D eigenvalue weighted by atomic mass is 9.88. The van der Waals surface area contributed by atoms with E-state index in [1.807, 2.05) is 78.9 Å². The van der Waals surface area contributed by atoms with Crippen LogP contribution in [0.4, 0.5) is 4.79 Å². The van der Waals surface area contributed by atoms with Crippen molar-refractivity contribution < 1.29 is 14.6 Å². The second kappa shape index (κ2) is 7.49. The average molecular weight is 330 g/mol. The largest absolute Gasteiger partial charge is 0.506 e. The Morgan fingerprint density at radius 2 is 1.32 bits per heavy atom. The lowest BCUT2D eigenvalue weighted by Crippen LogP contribution is -2.09. The van der Waals surface area contributed by atoms with Gasteiger partial charge >= 0.3 is 6.16 Å². The van der Waals surface area contributed by atoms with Crippen molar-refractivity contribution in [1.82, 2.24) is 0 Å². The molecule has 0 aliphatic rings. The van der Waals surface area contributed by atoms with Crippen LogP contribution in [0.25, 0.3) is 22.3 Å². The molecule has 124 valence electrons. The minimum atomic E-state index is -1.33. The van der Waals surface area contributed by atoms with Crippen molar-refractivity contribution >= 4 is 6.16 Å². The molecule has 1 unspecified atom stereocenters. The lowest BCUT2D eigenvalue weighted by Gasteiger charge is -2.21. The van der Waals surface area contributed by atoms with E-state index in [2.05, 4.69) is 6.58 Å². The van der Waals surface area contributed by atoms with Gasteiger partial charge < -0.3 is 9.84 Å².